The molecule has 0 unspecified atom stereocenters. The molecule has 6 rings (SSSR count). The summed E-state index contributed by atoms with van der Waals surface area (Å²) in [4.78, 5) is 33.7. The number of nitrogens with zero attached hydrogens (tertiary/aromatic N) is 3. The smallest absolute Gasteiger partial charge is 0.338 e. The molecular formula is C29H23N3O3S2. The van der Waals surface area contributed by atoms with Crippen LogP contribution in [0.15, 0.2) is 93.7 Å². The van der Waals surface area contributed by atoms with E-state index >= 15 is 0 Å². The molecule has 4 heterocycles. The molecular weight excluding hydrogens is 502 g/mol. The predicted octanol–water partition coefficient (Wildman–Crippen LogP) is 4.49. The average Bonchev–Trinajstić information content (AvgIpc) is 3.63. The number of rotatable bonds is 5. The second kappa shape index (κ2) is 9.46. The number of carbonyl (C=O) groups is 1. The van der Waals surface area contributed by atoms with Crippen LogP contribution in [0.5, 0.6) is 0 Å². The topological polar surface area (TPSA) is 65.6 Å². The lowest BCUT2D eigenvalue weighted by molar-refractivity contribution is -0.138. The highest BCUT2D eigenvalue weighted by Crippen LogP contribution is 2.36. The van der Waals surface area contributed by atoms with Crippen molar-refractivity contribution >= 4 is 51.3 Å². The second-order valence-electron chi connectivity index (χ2n) is 8.66. The van der Waals surface area contributed by atoms with Crippen LogP contribution in [-0.2, 0) is 16.6 Å². The van der Waals surface area contributed by atoms with Gasteiger partial charge in [0.1, 0.15) is 6.04 Å². The number of hydrogen-bond donors (Lipinski definition) is 0. The van der Waals surface area contributed by atoms with Gasteiger partial charge in [0.25, 0.3) is 5.56 Å². The van der Waals surface area contributed by atoms with Crippen molar-refractivity contribution in [2.45, 2.75) is 13.0 Å². The summed E-state index contributed by atoms with van der Waals surface area (Å²) >= 11 is 2.84. The molecule has 2 aromatic carbocycles. The van der Waals surface area contributed by atoms with E-state index in [9.17, 15) is 9.59 Å². The molecule has 37 heavy (non-hydrogen) atoms. The van der Waals surface area contributed by atoms with Gasteiger partial charge in [-0.1, -0.05) is 65.9 Å². The first kappa shape index (κ1) is 23.4. The first-order chi connectivity index (χ1) is 18.1. The number of ether oxygens (including phenoxy) is 1. The maximum absolute atomic E-state index is 13.9. The molecule has 6 nitrogen and oxygen atoms in total. The zero-order chi connectivity index (χ0) is 25.5. The van der Waals surface area contributed by atoms with E-state index in [1.807, 2.05) is 79.3 Å². The lowest BCUT2D eigenvalue weighted by Gasteiger charge is -2.24. The number of hydrogen-bond acceptors (Lipinski definition) is 6. The second-order valence-corrected chi connectivity index (χ2v) is 10.6. The third kappa shape index (κ3) is 3.98. The van der Waals surface area contributed by atoms with Crippen LogP contribution in [0, 0.1) is 0 Å². The quantitative estimate of drug-likeness (QED) is 0.318. The van der Waals surface area contributed by atoms with Crippen molar-refractivity contribution in [3.8, 4) is 0 Å². The highest BCUT2D eigenvalue weighted by molar-refractivity contribution is 7.10. The molecule has 1 atom stereocenters. The fraction of sp³-hybridized carbons (Fsp3) is 0.138. The van der Waals surface area contributed by atoms with Crippen LogP contribution in [0.2, 0.25) is 0 Å². The van der Waals surface area contributed by atoms with Crippen LogP contribution in [-0.4, -0.2) is 21.7 Å². The van der Waals surface area contributed by atoms with Crippen LogP contribution < -0.4 is 14.9 Å². The minimum atomic E-state index is -0.625. The zero-order valence-electron chi connectivity index (χ0n) is 20.3. The Morgan fingerprint density at radius 2 is 1.86 bits per heavy atom. The molecule has 0 bridgehead atoms. The molecule has 0 saturated heterocycles. The summed E-state index contributed by atoms with van der Waals surface area (Å²) in [6, 6.07) is 21.0. The minimum Gasteiger partial charge on any atom is -0.463 e. The summed E-state index contributed by atoms with van der Waals surface area (Å²) in [5.74, 6) is -0.466. The van der Waals surface area contributed by atoms with Gasteiger partial charge in [-0.3, -0.25) is 9.36 Å². The van der Waals surface area contributed by atoms with Crippen LogP contribution in [0.4, 0.5) is 0 Å². The standard InChI is InChI=1S/C29H23N3O3S2/c1-3-35-28(34)24-25(18-10-5-4-6-11-18)30-29-32(26(24)22-14-9-15-36-22)27(33)23(37-29)16-19-17-31(2)21-13-8-7-12-20(19)21/h4-17,26H,3H2,1-2H3/b23-16-/t26-/m0/s1. The maximum Gasteiger partial charge on any atom is 0.338 e. The fourth-order valence-electron chi connectivity index (χ4n) is 4.79. The summed E-state index contributed by atoms with van der Waals surface area (Å²) < 4.78 is 9.76. The average molecular weight is 526 g/mol. The Bertz CT molecular complexity index is 1840. The van der Waals surface area contributed by atoms with Gasteiger partial charge in [0.15, 0.2) is 4.80 Å². The Morgan fingerprint density at radius 3 is 2.62 bits per heavy atom. The molecule has 8 heteroatoms. The van der Waals surface area contributed by atoms with Crippen molar-refractivity contribution in [3.63, 3.8) is 0 Å². The van der Waals surface area contributed by atoms with Crippen molar-refractivity contribution < 1.29 is 9.53 Å². The Morgan fingerprint density at radius 1 is 1.08 bits per heavy atom. The van der Waals surface area contributed by atoms with E-state index in [0.29, 0.717) is 20.6 Å². The van der Waals surface area contributed by atoms with E-state index < -0.39 is 12.0 Å². The summed E-state index contributed by atoms with van der Waals surface area (Å²) in [5.41, 5.74) is 3.59. The van der Waals surface area contributed by atoms with Gasteiger partial charge in [0.05, 0.1) is 22.4 Å². The molecule has 0 N–H and O–H groups in total. The van der Waals surface area contributed by atoms with Crippen molar-refractivity contribution in [3.05, 3.63) is 120 Å². The molecule has 1 aliphatic rings. The number of aryl methyl sites for hydroxylation is 1. The van der Waals surface area contributed by atoms with Crippen molar-refractivity contribution in [1.82, 2.24) is 9.13 Å². The third-order valence-corrected chi connectivity index (χ3v) is 8.31. The first-order valence-corrected chi connectivity index (χ1v) is 13.6. The lowest BCUT2D eigenvalue weighted by Crippen LogP contribution is -2.39. The van der Waals surface area contributed by atoms with Crippen molar-refractivity contribution in [2.75, 3.05) is 6.61 Å². The number of carbonyl (C=O) groups excluding carboxylic acids is 1. The number of fused-ring (bicyclic) bond motifs is 2. The van der Waals surface area contributed by atoms with E-state index in [1.54, 1.807) is 11.5 Å². The molecule has 0 aliphatic carbocycles. The zero-order valence-corrected chi connectivity index (χ0v) is 21.9. The molecule has 0 amide bonds. The first-order valence-electron chi connectivity index (χ1n) is 11.9. The van der Waals surface area contributed by atoms with Gasteiger partial charge in [0, 0.05) is 40.2 Å². The Labute approximate surface area is 220 Å². The van der Waals surface area contributed by atoms with Crippen LogP contribution >= 0.6 is 22.7 Å². The molecule has 0 saturated carbocycles. The largest absolute Gasteiger partial charge is 0.463 e. The fourth-order valence-corrected chi connectivity index (χ4v) is 6.60. The van der Waals surface area contributed by atoms with E-state index in [1.165, 1.54) is 22.7 Å². The minimum absolute atomic E-state index is 0.177. The van der Waals surface area contributed by atoms with Gasteiger partial charge >= 0.3 is 5.97 Å². The molecule has 1 aliphatic heterocycles. The number of thiazole rings is 1. The summed E-state index contributed by atoms with van der Waals surface area (Å²) in [6.07, 6.45) is 3.95. The molecule has 0 radical (unpaired) electrons. The summed E-state index contributed by atoms with van der Waals surface area (Å²) in [6.45, 7) is 2.01. The Kier molecular flexibility index (Phi) is 5.98. The predicted molar refractivity (Wildman–Crippen MR) is 148 cm³/mol. The molecule has 184 valence electrons. The lowest BCUT2D eigenvalue weighted by atomic mass is 9.97. The van der Waals surface area contributed by atoms with E-state index in [-0.39, 0.29) is 12.2 Å². The SMILES string of the molecule is CCOC(=O)C1=C(c2ccccc2)N=c2s/c(=C\c3cn(C)c4ccccc34)c(=O)n2[C@H]1c1cccs1. The summed E-state index contributed by atoms with van der Waals surface area (Å²) in [5, 5.41) is 3.02. The van der Waals surface area contributed by atoms with Gasteiger partial charge in [-0.2, -0.15) is 0 Å². The van der Waals surface area contributed by atoms with Crippen LogP contribution in [0.1, 0.15) is 29.0 Å². The van der Waals surface area contributed by atoms with Crippen molar-refractivity contribution in [1.29, 1.82) is 0 Å². The monoisotopic (exact) mass is 525 g/mol. The van der Waals surface area contributed by atoms with Gasteiger partial charge in [-0.15, -0.1) is 11.3 Å². The van der Waals surface area contributed by atoms with Gasteiger partial charge < -0.3 is 9.30 Å². The molecule has 5 aromatic rings. The highest BCUT2D eigenvalue weighted by Gasteiger charge is 2.35. The third-order valence-electron chi connectivity index (χ3n) is 6.40. The number of thiophene rings is 1. The molecule has 0 spiro atoms. The highest BCUT2D eigenvalue weighted by atomic mass is 32.1. The number of benzene rings is 2. The van der Waals surface area contributed by atoms with E-state index in [0.717, 1.165) is 26.9 Å². The van der Waals surface area contributed by atoms with Gasteiger partial charge in [0.2, 0.25) is 0 Å². The number of aromatic nitrogens is 2. The molecule has 3 aromatic heterocycles. The Balaban J connectivity index is 1.65. The van der Waals surface area contributed by atoms with Crippen molar-refractivity contribution in [2.24, 2.45) is 12.0 Å². The van der Waals surface area contributed by atoms with Gasteiger partial charge in [-0.05, 0) is 30.5 Å². The number of para-hydroxylation sites is 1. The van der Waals surface area contributed by atoms with Crippen LogP contribution in [0.3, 0.4) is 0 Å². The molecule has 0 fully saturated rings. The van der Waals surface area contributed by atoms with E-state index in [4.69, 9.17) is 9.73 Å². The van der Waals surface area contributed by atoms with Crippen LogP contribution in [0.25, 0.3) is 22.7 Å². The van der Waals surface area contributed by atoms with E-state index in [2.05, 4.69) is 16.7 Å². The number of esters is 1. The normalized spacial score (nSPS) is 15.6. The maximum atomic E-state index is 13.9. The Hall–Kier alpha value is -4.01. The summed E-state index contributed by atoms with van der Waals surface area (Å²) in [7, 11) is 2.00. The van der Waals surface area contributed by atoms with Gasteiger partial charge in [-0.25, -0.2) is 9.79 Å².